The molecule has 0 saturated heterocycles. The molecule has 34 heavy (non-hydrogen) atoms. The number of ether oxygens (including phenoxy) is 1. The summed E-state index contributed by atoms with van der Waals surface area (Å²) in [6, 6.07) is 22.6. The van der Waals surface area contributed by atoms with E-state index in [2.05, 4.69) is 15.7 Å². The molecule has 2 N–H and O–H groups in total. The van der Waals surface area contributed by atoms with Gasteiger partial charge in [0, 0.05) is 28.2 Å². The zero-order chi connectivity index (χ0) is 24.1. The molecule has 9 heteroatoms. The third-order valence-corrected chi connectivity index (χ3v) is 6.08. The van der Waals surface area contributed by atoms with Gasteiger partial charge in [0.2, 0.25) is 10.7 Å². The van der Waals surface area contributed by atoms with E-state index in [1.54, 1.807) is 19.2 Å². The van der Waals surface area contributed by atoms with E-state index in [0.717, 1.165) is 16.9 Å². The van der Waals surface area contributed by atoms with Gasteiger partial charge in [0.25, 0.3) is 0 Å². The quantitative estimate of drug-likeness (QED) is 0.311. The Morgan fingerprint density at radius 1 is 1.09 bits per heavy atom. The predicted octanol–water partition coefficient (Wildman–Crippen LogP) is 5.62. The SMILES string of the molecule is COc1cccc(NC(=O)Cn2nc(CNc3cccc(Cl)c3C)n(-c3ccccc3)c2=S)c1. The van der Waals surface area contributed by atoms with E-state index in [-0.39, 0.29) is 12.5 Å². The van der Waals surface area contributed by atoms with E-state index in [1.165, 1.54) is 4.68 Å². The van der Waals surface area contributed by atoms with Crippen molar-refractivity contribution in [2.24, 2.45) is 0 Å². The van der Waals surface area contributed by atoms with Crippen LogP contribution in [0, 0.1) is 11.7 Å². The summed E-state index contributed by atoms with van der Waals surface area (Å²) in [5.74, 6) is 1.09. The Morgan fingerprint density at radius 2 is 1.85 bits per heavy atom. The summed E-state index contributed by atoms with van der Waals surface area (Å²) >= 11 is 12.0. The Kier molecular flexibility index (Phi) is 7.30. The molecule has 0 aliphatic heterocycles. The number of rotatable bonds is 8. The number of nitrogens with one attached hydrogen (secondary N) is 2. The van der Waals surface area contributed by atoms with Crippen molar-refractivity contribution in [3.05, 3.63) is 94.0 Å². The highest BCUT2D eigenvalue weighted by molar-refractivity contribution is 7.71. The number of halogens is 1. The maximum absolute atomic E-state index is 12.8. The Hall–Kier alpha value is -3.62. The van der Waals surface area contributed by atoms with Crippen molar-refractivity contribution in [1.82, 2.24) is 14.3 Å². The number of hydrogen-bond acceptors (Lipinski definition) is 5. The molecule has 0 bridgehead atoms. The lowest BCUT2D eigenvalue weighted by atomic mass is 10.2. The van der Waals surface area contributed by atoms with Gasteiger partial charge in [-0.1, -0.05) is 41.9 Å². The maximum atomic E-state index is 12.8. The molecule has 0 aliphatic rings. The molecule has 0 unspecified atom stereocenters. The van der Waals surface area contributed by atoms with Crippen LogP contribution >= 0.6 is 23.8 Å². The van der Waals surface area contributed by atoms with Gasteiger partial charge < -0.3 is 15.4 Å². The number of nitrogens with zero attached hydrogens (tertiary/aromatic N) is 3. The fourth-order valence-electron chi connectivity index (χ4n) is 3.52. The van der Waals surface area contributed by atoms with Gasteiger partial charge in [0.15, 0.2) is 5.82 Å². The topological polar surface area (TPSA) is 73.1 Å². The van der Waals surface area contributed by atoms with Crippen LogP contribution in [0.3, 0.4) is 0 Å². The molecule has 1 heterocycles. The minimum atomic E-state index is -0.243. The van der Waals surface area contributed by atoms with Crippen molar-refractivity contribution in [2.45, 2.75) is 20.0 Å². The molecule has 1 aromatic heterocycles. The molecule has 1 amide bonds. The summed E-state index contributed by atoms with van der Waals surface area (Å²) in [4.78, 5) is 12.8. The summed E-state index contributed by atoms with van der Waals surface area (Å²) in [7, 11) is 1.58. The molecule has 0 spiro atoms. The highest BCUT2D eigenvalue weighted by atomic mass is 35.5. The normalized spacial score (nSPS) is 10.7. The molecule has 4 rings (SSSR count). The second-order valence-corrected chi connectivity index (χ2v) is 8.35. The van der Waals surface area contributed by atoms with Crippen LogP contribution in [0.1, 0.15) is 11.4 Å². The van der Waals surface area contributed by atoms with Crippen LogP contribution in [0.25, 0.3) is 5.69 Å². The summed E-state index contributed by atoms with van der Waals surface area (Å²) in [6.07, 6.45) is 0. The van der Waals surface area contributed by atoms with Crippen LogP contribution in [0.2, 0.25) is 5.02 Å². The third kappa shape index (κ3) is 5.30. The van der Waals surface area contributed by atoms with Crippen molar-refractivity contribution in [1.29, 1.82) is 0 Å². The van der Waals surface area contributed by atoms with Gasteiger partial charge in [-0.3, -0.25) is 9.36 Å². The summed E-state index contributed by atoms with van der Waals surface area (Å²) in [5.41, 5.74) is 3.36. The smallest absolute Gasteiger partial charge is 0.246 e. The fraction of sp³-hybridized carbons (Fsp3) is 0.160. The third-order valence-electron chi connectivity index (χ3n) is 5.27. The number of benzene rings is 3. The summed E-state index contributed by atoms with van der Waals surface area (Å²) in [5, 5.41) is 11.6. The van der Waals surface area contributed by atoms with Gasteiger partial charge in [0.1, 0.15) is 12.3 Å². The van der Waals surface area contributed by atoms with Gasteiger partial charge in [-0.2, -0.15) is 5.10 Å². The van der Waals surface area contributed by atoms with Gasteiger partial charge in [-0.15, -0.1) is 0 Å². The number of hydrogen-bond donors (Lipinski definition) is 2. The van der Waals surface area contributed by atoms with Gasteiger partial charge in [-0.05, 0) is 61.1 Å². The van der Waals surface area contributed by atoms with Crippen LogP contribution in [0.4, 0.5) is 11.4 Å². The van der Waals surface area contributed by atoms with Crippen molar-refractivity contribution in [3.63, 3.8) is 0 Å². The zero-order valence-corrected chi connectivity index (χ0v) is 20.4. The minimum Gasteiger partial charge on any atom is -0.497 e. The highest BCUT2D eigenvalue weighted by Gasteiger charge is 2.15. The molecule has 3 aromatic carbocycles. The standard InChI is InChI=1S/C25H24ClN5O2S/c1-17-21(26)12-7-13-22(17)27-15-23-29-30(25(34)31(23)19-9-4-3-5-10-19)16-24(32)28-18-8-6-11-20(14-18)33-2/h3-14,27H,15-16H2,1-2H3,(H,28,32). The maximum Gasteiger partial charge on any atom is 0.246 e. The monoisotopic (exact) mass is 493 g/mol. The first kappa shape index (κ1) is 23.5. The fourth-order valence-corrected chi connectivity index (χ4v) is 4.01. The van der Waals surface area contributed by atoms with Gasteiger partial charge >= 0.3 is 0 Å². The molecule has 0 atom stereocenters. The first-order chi connectivity index (χ1) is 16.5. The summed E-state index contributed by atoms with van der Waals surface area (Å²) in [6.45, 7) is 2.32. The average molecular weight is 494 g/mol. The molecular weight excluding hydrogens is 470 g/mol. The Morgan fingerprint density at radius 3 is 2.62 bits per heavy atom. The van der Waals surface area contributed by atoms with Crippen LogP contribution in [-0.4, -0.2) is 27.4 Å². The Labute approximate surface area is 208 Å². The van der Waals surface area contributed by atoms with Crippen LogP contribution in [-0.2, 0) is 17.9 Å². The van der Waals surface area contributed by atoms with E-state index in [4.69, 9.17) is 28.6 Å². The van der Waals surface area contributed by atoms with Crippen molar-refractivity contribution < 1.29 is 9.53 Å². The van der Waals surface area contributed by atoms with Gasteiger partial charge in [-0.25, -0.2) is 4.68 Å². The number of para-hydroxylation sites is 1. The second kappa shape index (κ2) is 10.5. The van der Waals surface area contributed by atoms with E-state index in [0.29, 0.717) is 33.6 Å². The van der Waals surface area contributed by atoms with Crippen molar-refractivity contribution in [2.75, 3.05) is 17.7 Å². The highest BCUT2D eigenvalue weighted by Crippen LogP contribution is 2.24. The molecule has 0 aliphatic carbocycles. The second-order valence-electron chi connectivity index (χ2n) is 7.57. The van der Waals surface area contributed by atoms with E-state index < -0.39 is 0 Å². The molecule has 0 fully saturated rings. The zero-order valence-electron chi connectivity index (χ0n) is 18.8. The van der Waals surface area contributed by atoms with E-state index >= 15 is 0 Å². The lowest BCUT2D eigenvalue weighted by Crippen LogP contribution is -2.20. The lowest BCUT2D eigenvalue weighted by molar-refractivity contribution is -0.116. The van der Waals surface area contributed by atoms with Crippen molar-refractivity contribution in [3.8, 4) is 11.4 Å². The molecule has 0 saturated carbocycles. The Balaban J connectivity index is 1.60. The predicted molar refractivity (Wildman–Crippen MR) is 138 cm³/mol. The molecule has 174 valence electrons. The Bertz CT molecular complexity index is 1370. The molecular formula is C25H24ClN5O2S. The molecule has 0 radical (unpaired) electrons. The van der Waals surface area contributed by atoms with Gasteiger partial charge in [0.05, 0.1) is 13.7 Å². The molecule has 7 nitrogen and oxygen atoms in total. The number of carbonyl (C=O) groups excluding carboxylic acids is 1. The lowest BCUT2D eigenvalue weighted by Gasteiger charge is -2.11. The largest absolute Gasteiger partial charge is 0.497 e. The van der Waals surface area contributed by atoms with E-state index in [9.17, 15) is 4.79 Å². The van der Waals surface area contributed by atoms with Crippen molar-refractivity contribution >= 4 is 41.1 Å². The first-order valence-corrected chi connectivity index (χ1v) is 11.4. The summed E-state index contributed by atoms with van der Waals surface area (Å²) < 4.78 is 9.03. The molecule has 4 aromatic rings. The number of carbonyl (C=O) groups is 1. The average Bonchev–Trinajstić information content (AvgIpc) is 3.15. The minimum absolute atomic E-state index is 0.0287. The van der Waals surface area contributed by atoms with Crippen LogP contribution in [0.5, 0.6) is 5.75 Å². The first-order valence-electron chi connectivity index (χ1n) is 10.6. The number of anilines is 2. The number of amides is 1. The van der Waals surface area contributed by atoms with Crippen LogP contribution < -0.4 is 15.4 Å². The van der Waals surface area contributed by atoms with E-state index in [1.807, 2.05) is 72.2 Å². The number of aromatic nitrogens is 3. The number of methoxy groups -OCH3 is 1. The van der Waals surface area contributed by atoms with Crippen LogP contribution in [0.15, 0.2) is 72.8 Å².